The highest BCUT2D eigenvalue weighted by molar-refractivity contribution is 7.08. The number of rotatable bonds is 4. The number of benzene rings is 1. The van der Waals surface area contributed by atoms with E-state index in [1.54, 1.807) is 25.6 Å². The molecule has 0 aliphatic heterocycles. The van der Waals surface area contributed by atoms with Gasteiger partial charge in [0.05, 0.1) is 14.2 Å². The molecule has 0 radical (unpaired) electrons. The fraction of sp³-hybridized carbons (Fsp3) is 0.333. The van der Waals surface area contributed by atoms with Gasteiger partial charge in [-0.1, -0.05) is 13.8 Å². The molecule has 0 spiro atoms. The minimum Gasteiger partial charge on any atom is -0.496 e. The Morgan fingerprint density at radius 2 is 1.78 bits per heavy atom. The molecule has 0 bridgehead atoms. The molecule has 1 aromatic heterocycles. The van der Waals surface area contributed by atoms with Gasteiger partial charge in [-0.2, -0.15) is 11.3 Å². The van der Waals surface area contributed by atoms with E-state index in [-0.39, 0.29) is 0 Å². The normalized spacial score (nSPS) is 10.7. The number of hydrogen-bond donors (Lipinski definition) is 0. The highest BCUT2D eigenvalue weighted by atomic mass is 32.1. The average Bonchev–Trinajstić information content (AvgIpc) is 2.90. The first-order valence-corrected chi connectivity index (χ1v) is 6.90. The molecule has 0 aliphatic carbocycles. The van der Waals surface area contributed by atoms with Gasteiger partial charge >= 0.3 is 0 Å². The van der Waals surface area contributed by atoms with Gasteiger partial charge in [0.25, 0.3) is 0 Å². The van der Waals surface area contributed by atoms with Crippen LogP contribution in [0.2, 0.25) is 0 Å². The first-order valence-electron chi connectivity index (χ1n) is 5.95. The van der Waals surface area contributed by atoms with Crippen molar-refractivity contribution in [1.82, 2.24) is 0 Å². The molecular weight excluding hydrogens is 244 g/mol. The van der Waals surface area contributed by atoms with Crippen LogP contribution in [-0.2, 0) is 0 Å². The quantitative estimate of drug-likeness (QED) is 0.804. The third kappa shape index (κ3) is 2.36. The molecule has 3 heteroatoms. The van der Waals surface area contributed by atoms with Gasteiger partial charge in [-0.25, -0.2) is 0 Å². The van der Waals surface area contributed by atoms with Crippen molar-refractivity contribution in [1.29, 1.82) is 0 Å². The summed E-state index contributed by atoms with van der Waals surface area (Å²) in [6.45, 7) is 4.34. The van der Waals surface area contributed by atoms with Crippen molar-refractivity contribution in [2.24, 2.45) is 0 Å². The maximum absolute atomic E-state index is 5.47. The van der Waals surface area contributed by atoms with Crippen LogP contribution in [0.25, 0.3) is 11.1 Å². The zero-order chi connectivity index (χ0) is 13.1. The van der Waals surface area contributed by atoms with Crippen LogP contribution in [0.15, 0.2) is 29.0 Å². The minimum absolute atomic E-state index is 0.420. The molecule has 18 heavy (non-hydrogen) atoms. The lowest BCUT2D eigenvalue weighted by atomic mass is 9.96. The Morgan fingerprint density at radius 3 is 2.28 bits per heavy atom. The van der Waals surface area contributed by atoms with E-state index in [0.717, 1.165) is 17.1 Å². The molecule has 96 valence electrons. The fourth-order valence-corrected chi connectivity index (χ4v) is 2.67. The van der Waals surface area contributed by atoms with E-state index in [0.29, 0.717) is 5.92 Å². The largest absolute Gasteiger partial charge is 0.496 e. The van der Waals surface area contributed by atoms with Crippen LogP contribution in [0.1, 0.15) is 25.3 Å². The zero-order valence-corrected chi connectivity index (χ0v) is 12.0. The van der Waals surface area contributed by atoms with Crippen LogP contribution in [0.5, 0.6) is 11.5 Å². The smallest absolute Gasteiger partial charge is 0.130 e. The second kappa shape index (κ2) is 5.44. The van der Waals surface area contributed by atoms with Crippen molar-refractivity contribution in [3.63, 3.8) is 0 Å². The fourth-order valence-electron chi connectivity index (χ4n) is 2.02. The summed E-state index contributed by atoms with van der Waals surface area (Å²) in [6, 6.07) is 6.26. The summed E-state index contributed by atoms with van der Waals surface area (Å²) in [6.07, 6.45) is 0. The van der Waals surface area contributed by atoms with Gasteiger partial charge in [-0.15, -0.1) is 0 Å². The van der Waals surface area contributed by atoms with Crippen LogP contribution in [0.3, 0.4) is 0 Å². The first kappa shape index (κ1) is 13.0. The number of methoxy groups -OCH3 is 2. The Bertz CT molecular complexity index is 516. The van der Waals surface area contributed by atoms with E-state index in [9.17, 15) is 0 Å². The first-order chi connectivity index (χ1) is 8.67. The van der Waals surface area contributed by atoms with Gasteiger partial charge in [0.1, 0.15) is 11.5 Å². The summed E-state index contributed by atoms with van der Waals surface area (Å²) in [5.74, 6) is 2.17. The average molecular weight is 262 g/mol. The standard InChI is InChI=1S/C15H18O2S/c1-10(2)12-7-13(11-5-6-18-9-11)15(17-4)8-14(12)16-3/h5-10H,1-4H3. The van der Waals surface area contributed by atoms with Gasteiger partial charge in [0.2, 0.25) is 0 Å². The SMILES string of the molecule is COc1cc(OC)c(C(C)C)cc1-c1ccsc1. The van der Waals surface area contributed by atoms with Crippen LogP contribution >= 0.6 is 11.3 Å². The van der Waals surface area contributed by atoms with Crippen molar-refractivity contribution in [2.45, 2.75) is 19.8 Å². The highest BCUT2D eigenvalue weighted by Gasteiger charge is 2.14. The molecule has 0 unspecified atom stereocenters. The lowest BCUT2D eigenvalue weighted by Crippen LogP contribution is -1.97. The lowest BCUT2D eigenvalue weighted by molar-refractivity contribution is 0.390. The Kier molecular flexibility index (Phi) is 3.92. The third-order valence-electron chi connectivity index (χ3n) is 3.01. The summed E-state index contributed by atoms with van der Waals surface area (Å²) >= 11 is 1.69. The van der Waals surface area contributed by atoms with Crippen molar-refractivity contribution in [2.75, 3.05) is 14.2 Å². The van der Waals surface area contributed by atoms with E-state index in [4.69, 9.17) is 9.47 Å². The molecule has 0 saturated carbocycles. The van der Waals surface area contributed by atoms with Crippen molar-refractivity contribution in [3.8, 4) is 22.6 Å². The molecule has 1 aromatic carbocycles. The number of hydrogen-bond acceptors (Lipinski definition) is 3. The summed E-state index contributed by atoms with van der Waals surface area (Å²) in [7, 11) is 3.39. The van der Waals surface area contributed by atoms with Gasteiger partial charge in [0.15, 0.2) is 0 Å². The summed E-state index contributed by atoms with van der Waals surface area (Å²) in [5.41, 5.74) is 3.53. The molecule has 0 fully saturated rings. The lowest BCUT2D eigenvalue weighted by Gasteiger charge is -2.16. The predicted octanol–water partition coefficient (Wildman–Crippen LogP) is 4.56. The van der Waals surface area contributed by atoms with E-state index < -0.39 is 0 Å². The van der Waals surface area contributed by atoms with Crippen molar-refractivity contribution >= 4 is 11.3 Å². The topological polar surface area (TPSA) is 18.5 Å². The summed E-state index contributed by atoms with van der Waals surface area (Å²) in [5, 5.41) is 4.21. The monoisotopic (exact) mass is 262 g/mol. The molecule has 2 rings (SSSR count). The van der Waals surface area contributed by atoms with E-state index in [2.05, 4.69) is 36.7 Å². The van der Waals surface area contributed by atoms with E-state index in [1.807, 2.05) is 6.07 Å². The highest BCUT2D eigenvalue weighted by Crippen LogP contribution is 2.39. The summed E-state index contributed by atoms with van der Waals surface area (Å²) in [4.78, 5) is 0. The van der Waals surface area contributed by atoms with Crippen LogP contribution < -0.4 is 9.47 Å². The van der Waals surface area contributed by atoms with Crippen molar-refractivity contribution in [3.05, 3.63) is 34.5 Å². The Labute approximate surface area is 112 Å². The molecule has 2 aromatic rings. The Hall–Kier alpha value is -1.48. The predicted molar refractivity (Wildman–Crippen MR) is 76.9 cm³/mol. The maximum Gasteiger partial charge on any atom is 0.130 e. The molecule has 0 N–H and O–H groups in total. The molecule has 0 aliphatic rings. The maximum atomic E-state index is 5.47. The number of ether oxygens (including phenoxy) is 2. The second-order valence-corrected chi connectivity index (χ2v) is 5.24. The number of thiophene rings is 1. The Balaban J connectivity index is 2.61. The Morgan fingerprint density at radius 1 is 1.06 bits per heavy atom. The van der Waals surface area contributed by atoms with Gasteiger partial charge in [-0.3, -0.25) is 0 Å². The van der Waals surface area contributed by atoms with Crippen molar-refractivity contribution < 1.29 is 9.47 Å². The van der Waals surface area contributed by atoms with E-state index >= 15 is 0 Å². The van der Waals surface area contributed by atoms with Gasteiger partial charge in [-0.05, 0) is 39.9 Å². The zero-order valence-electron chi connectivity index (χ0n) is 11.2. The molecular formula is C15H18O2S. The summed E-state index contributed by atoms with van der Waals surface area (Å²) < 4.78 is 10.9. The van der Waals surface area contributed by atoms with Crippen LogP contribution in [0.4, 0.5) is 0 Å². The third-order valence-corrected chi connectivity index (χ3v) is 3.69. The molecule has 0 atom stereocenters. The van der Waals surface area contributed by atoms with Gasteiger partial charge in [0, 0.05) is 11.6 Å². The molecule has 2 nitrogen and oxygen atoms in total. The minimum atomic E-state index is 0.420. The second-order valence-electron chi connectivity index (χ2n) is 4.46. The molecule has 1 heterocycles. The van der Waals surface area contributed by atoms with Gasteiger partial charge < -0.3 is 9.47 Å². The van der Waals surface area contributed by atoms with Crippen LogP contribution in [-0.4, -0.2) is 14.2 Å². The van der Waals surface area contributed by atoms with Crippen LogP contribution in [0, 0.1) is 0 Å². The molecule has 0 saturated heterocycles. The molecule has 0 amide bonds. The van der Waals surface area contributed by atoms with E-state index in [1.165, 1.54) is 11.1 Å².